The molecule has 1 heterocycles. The van der Waals surface area contributed by atoms with Gasteiger partial charge in [0.25, 0.3) is 5.91 Å². The zero-order valence-corrected chi connectivity index (χ0v) is 17.4. The number of carbonyl (C=O) groups is 1. The minimum absolute atomic E-state index is 0.270. The predicted octanol–water partition coefficient (Wildman–Crippen LogP) is 5.45. The minimum Gasteiger partial charge on any atom is -0.497 e. The summed E-state index contributed by atoms with van der Waals surface area (Å²) in [7, 11) is 1.58. The van der Waals surface area contributed by atoms with E-state index in [4.69, 9.17) is 16.3 Å². The largest absolute Gasteiger partial charge is 0.497 e. The van der Waals surface area contributed by atoms with Crippen molar-refractivity contribution in [3.8, 4) is 5.75 Å². The summed E-state index contributed by atoms with van der Waals surface area (Å²) in [6.45, 7) is 0. The summed E-state index contributed by atoms with van der Waals surface area (Å²) >= 11 is 10.7. The number of ether oxygens (including phenoxy) is 1. The van der Waals surface area contributed by atoms with Gasteiger partial charge in [-0.25, -0.2) is 9.97 Å². The molecule has 0 fully saturated rings. The van der Waals surface area contributed by atoms with Crippen molar-refractivity contribution in [2.75, 3.05) is 12.4 Å². The zero-order valence-electron chi connectivity index (χ0n) is 14.3. The molecule has 3 rings (SSSR count). The first-order valence-electron chi connectivity index (χ1n) is 7.90. The van der Waals surface area contributed by atoms with Crippen molar-refractivity contribution in [1.82, 2.24) is 9.97 Å². The molecule has 0 aliphatic carbocycles. The summed E-state index contributed by atoms with van der Waals surface area (Å²) in [5.41, 5.74) is 1.99. The van der Waals surface area contributed by atoms with Crippen molar-refractivity contribution in [2.45, 2.75) is 10.9 Å². The van der Waals surface area contributed by atoms with Gasteiger partial charge in [-0.2, -0.15) is 0 Å². The van der Waals surface area contributed by atoms with Crippen molar-refractivity contribution in [2.24, 2.45) is 0 Å². The third-order valence-electron chi connectivity index (χ3n) is 3.55. The third kappa shape index (κ3) is 5.45. The Hall–Kier alpha value is -2.09. The van der Waals surface area contributed by atoms with Gasteiger partial charge < -0.3 is 10.1 Å². The summed E-state index contributed by atoms with van der Waals surface area (Å²) in [5, 5.41) is 4.03. The molecule has 8 heteroatoms. The molecular weight excluding hydrogens is 450 g/mol. The second-order valence-corrected chi connectivity index (χ2v) is 7.68. The molecule has 5 nitrogen and oxygen atoms in total. The molecule has 0 spiro atoms. The van der Waals surface area contributed by atoms with Crippen molar-refractivity contribution in [3.63, 3.8) is 0 Å². The molecule has 1 aromatic heterocycles. The number of thioether (sulfide) groups is 1. The number of amides is 1. The third-order valence-corrected chi connectivity index (χ3v) is 5.31. The summed E-state index contributed by atoms with van der Waals surface area (Å²) in [6, 6.07) is 14.7. The second-order valence-electron chi connectivity index (χ2n) is 5.45. The Morgan fingerprint density at radius 1 is 1.26 bits per heavy atom. The van der Waals surface area contributed by atoms with Crippen molar-refractivity contribution in [3.05, 3.63) is 75.5 Å². The Morgan fingerprint density at radius 2 is 2.04 bits per heavy atom. The maximum absolute atomic E-state index is 12.6. The molecule has 27 heavy (non-hydrogen) atoms. The molecule has 0 unspecified atom stereocenters. The van der Waals surface area contributed by atoms with E-state index in [2.05, 4.69) is 31.2 Å². The van der Waals surface area contributed by atoms with Crippen LogP contribution < -0.4 is 10.1 Å². The van der Waals surface area contributed by atoms with Crippen LogP contribution in [0.3, 0.4) is 0 Å². The molecule has 0 bridgehead atoms. The van der Waals surface area contributed by atoms with Gasteiger partial charge in [-0.1, -0.05) is 41.6 Å². The Kier molecular flexibility index (Phi) is 6.71. The first-order valence-corrected chi connectivity index (χ1v) is 10.1. The number of hydrogen-bond donors (Lipinski definition) is 1. The topological polar surface area (TPSA) is 64.1 Å². The van der Waals surface area contributed by atoms with Crippen molar-refractivity contribution in [1.29, 1.82) is 0 Å². The predicted molar refractivity (Wildman–Crippen MR) is 112 cm³/mol. The highest BCUT2D eigenvalue weighted by Gasteiger charge is 2.15. The van der Waals surface area contributed by atoms with E-state index in [9.17, 15) is 4.79 Å². The molecule has 0 aliphatic rings. The molecule has 0 saturated heterocycles. The summed E-state index contributed by atoms with van der Waals surface area (Å²) in [4.78, 5) is 21.2. The molecule has 0 saturated carbocycles. The van der Waals surface area contributed by atoms with E-state index >= 15 is 0 Å². The second kappa shape index (κ2) is 9.21. The number of hydrogen-bond acceptors (Lipinski definition) is 5. The maximum Gasteiger partial charge on any atom is 0.275 e. The van der Waals surface area contributed by atoms with Crippen LogP contribution in [0.5, 0.6) is 5.75 Å². The molecule has 138 valence electrons. The normalized spacial score (nSPS) is 10.5. The van der Waals surface area contributed by atoms with Gasteiger partial charge in [-0.3, -0.25) is 4.79 Å². The summed E-state index contributed by atoms with van der Waals surface area (Å²) in [5.74, 6) is 1.01. The lowest BCUT2D eigenvalue weighted by Gasteiger charge is -2.09. The highest BCUT2D eigenvalue weighted by Crippen LogP contribution is 2.24. The highest BCUT2D eigenvalue weighted by atomic mass is 79.9. The van der Waals surface area contributed by atoms with Crippen LogP contribution in [0.1, 0.15) is 16.1 Å². The van der Waals surface area contributed by atoms with E-state index in [0.717, 1.165) is 5.56 Å². The van der Waals surface area contributed by atoms with E-state index in [0.29, 0.717) is 31.8 Å². The van der Waals surface area contributed by atoms with E-state index in [1.807, 2.05) is 30.3 Å². The van der Waals surface area contributed by atoms with E-state index in [1.54, 1.807) is 31.5 Å². The Labute approximate surface area is 174 Å². The van der Waals surface area contributed by atoms with Gasteiger partial charge in [0.1, 0.15) is 11.4 Å². The molecule has 0 radical (unpaired) electrons. The van der Waals surface area contributed by atoms with Crippen molar-refractivity contribution < 1.29 is 9.53 Å². The van der Waals surface area contributed by atoms with Gasteiger partial charge in [0, 0.05) is 28.7 Å². The number of methoxy groups -OCH3 is 1. The van der Waals surface area contributed by atoms with E-state index in [-0.39, 0.29) is 11.6 Å². The SMILES string of the molecule is COc1cccc(NC(=O)c2nc(SCc3ccc(Cl)cc3)ncc2Br)c1. The number of anilines is 1. The van der Waals surface area contributed by atoms with Crippen LogP contribution in [-0.2, 0) is 5.75 Å². The fourth-order valence-electron chi connectivity index (χ4n) is 2.20. The lowest BCUT2D eigenvalue weighted by molar-refractivity contribution is 0.102. The van der Waals surface area contributed by atoms with Crippen LogP contribution in [0.15, 0.2) is 64.4 Å². The first kappa shape index (κ1) is 19.7. The van der Waals surface area contributed by atoms with E-state index < -0.39 is 0 Å². The van der Waals surface area contributed by atoms with Crippen LogP contribution in [0.25, 0.3) is 0 Å². The number of nitrogens with zero attached hydrogens (tertiary/aromatic N) is 2. The summed E-state index contributed by atoms with van der Waals surface area (Å²) < 4.78 is 5.70. The van der Waals surface area contributed by atoms with Gasteiger partial charge in [0.15, 0.2) is 5.16 Å². The van der Waals surface area contributed by atoms with Crippen LogP contribution >= 0.6 is 39.3 Å². The standard InChI is InChI=1S/C19H15BrClN3O2S/c1-26-15-4-2-3-14(9-15)23-18(25)17-16(20)10-22-19(24-17)27-11-12-5-7-13(21)8-6-12/h2-10H,11H2,1H3,(H,23,25). The molecule has 1 N–H and O–H groups in total. The monoisotopic (exact) mass is 463 g/mol. The molecule has 2 aromatic carbocycles. The summed E-state index contributed by atoms with van der Waals surface area (Å²) in [6.07, 6.45) is 1.58. The van der Waals surface area contributed by atoms with Crippen molar-refractivity contribution >= 4 is 50.9 Å². The lowest BCUT2D eigenvalue weighted by Crippen LogP contribution is -2.15. The number of carbonyl (C=O) groups excluding carboxylic acids is 1. The van der Waals surface area contributed by atoms with Crippen LogP contribution in [0, 0.1) is 0 Å². The number of rotatable bonds is 6. The first-order chi connectivity index (χ1) is 13.0. The molecular formula is C19H15BrClN3O2S. The van der Waals surface area contributed by atoms with Gasteiger partial charge in [0.05, 0.1) is 11.6 Å². The fourth-order valence-corrected chi connectivity index (χ4v) is 3.47. The smallest absolute Gasteiger partial charge is 0.275 e. The van der Waals surface area contributed by atoms with Gasteiger partial charge >= 0.3 is 0 Å². The maximum atomic E-state index is 12.6. The van der Waals surface area contributed by atoms with Crippen LogP contribution in [-0.4, -0.2) is 23.0 Å². The Balaban J connectivity index is 1.72. The Bertz CT molecular complexity index is 954. The lowest BCUT2D eigenvalue weighted by atomic mass is 10.2. The van der Waals surface area contributed by atoms with Gasteiger partial charge in [-0.05, 0) is 45.8 Å². The zero-order chi connectivity index (χ0) is 19.2. The fraction of sp³-hybridized carbons (Fsp3) is 0.105. The molecule has 3 aromatic rings. The Morgan fingerprint density at radius 3 is 2.78 bits per heavy atom. The minimum atomic E-state index is -0.328. The van der Waals surface area contributed by atoms with Gasteiger partial charge in [0.2, 0.25) is 0 Å². The highest BCUT2D eigenvalue weighted by molar-refractivity contribution is 9.10. The molecule has 1 amide bonds. The number of nitrogens with one attached hydrogen (secondary N) is 1. The van der Waals surface area contributed by atoms with Gasteiger partial charge in [-0.15, -0.1) is 0 Å². The molecule has 0 atom stereocenters. The van der Waals surface area contributed by atoms with Crippen LogP contribution in [0.2, 0.25) is 5.02 Å². The average molecular weight is 465 g/mol. The van der Waals surface area contributed by atoms with Crippen LogP contribution in [0.4, 0.5) is 5.69 Å². The van der Waals surface area contributed by atoms with E-state index in [1.165, 1.54) is 11.8 Å². The quantitative estimate of drug-likeness (QED) is 0.388. The average Bonchev–Trinajstić information content (AvgIpc) is 2.68. The number of aromatic nitrogens is 2. The number of benzene rings is 2. The molecule has 0 aliphatic heterocycles. The number of halogens is 2.